The number of methoxy groups -OCH3 is 2. The fourth-order valence-electron chi connectivity index (χ4n) is 3.40. The minimum Gasteiger partial charge on any atom is -0.493 e. The molecule has 0 aliphatic carbocycles. The molecule has 4 rings (SSSR count). The van der Waals surface area contributed by atoms with Gasteiger partial charge in [-0.25, -0.2) is 0 Å². The van der Waals surface area contributed by atoms with Gasteiger partial charge in [0.2, 0.25) is 6.23 Å². The standard InChI is InChI=1S/C18H16ClNO4/c1-9-11-6-10(19)4-5-14(11)24-18-13-8-16(23-3)15(22-2)7-12(13)17(21)20(9)18/h4-9,18H,1-3H3/t9-,18-/m0/s1. The molecule has 24 heavy (non-hydrogen) atoms. The zero-order valence-electron chi connectivity index (χ0n) is 13.5. The highest BCUT2D eigenvalue weighted by Crippen LogP contribution is 2.49. The van der Waals surface area contributed by atoms with Crippen molar-refractivity contribution in [2.45, 2.75) is 19.2 Å². The maximum atomic E-state index is 12.9. The maximum absolute atomic E-state index is 12.9. The summed E-state index contributed by atoms with van der Waals surface area (Å²) in [5.41, 5.74) is 2.26. The number of halogens is 1. The highest BCUT2D eigenvalue weighted by molar-refractivity contribution is 6.30. The second-order valence-electron chi connectivity index (χ2n) is 5.84. The van der Waals surface area contributed by atoms with Gasteiger partial charge in [-0.3, -0.25) is 9.69 Å². The first-order valence-corrected chi connectivity index (χ1v) is 7.97. The molecule has 0 spiro atoms. The van der Waals surface area contributed by atoms with Gasteiger partial charge >= 0.3 is 0 Å². The zero-order chi connectivity index (χ0) is 17.0. The Labute approximate surface area is 144 Å². The number of rotatable bonds is 2. The van der Waals surface area contributed by atoms with Crippen molar-refractivity contribution in [3.8, 4) is 17.2 Å². The second kappa shape index (κ2) is 5.31. The van der Waals surface area contributed by atoms with Crippen LogP contribution in [0.25, 0.3) is 0 Å². The Kier molecular flexibility index (Phi) is 3.35. The topological polar surface area (TPSA) is 48.0 Å². The molecule has 0 bridgehead atoms. The van der Waals surface area contributed by atoms with Crippen molar-refractivity contribution in [3.63, 3.8) is 0 Å². The third kappa shape index (κ3) is 1.97. The van der Waals surface area contributed by atoms with Crippen molar-refractivity contribution >= 4 is 17.5 Å². The predicted octanol–water partition coefficient (Wildman–Crippen LogP) is 3.97. The van der Waals surface area contributed by atoms with Gasteiger partial charge in [0.15, 0.2) is 11.5 Å². The monoisotopic (exact) mass is 345 g/mol. The van der Waals surface area contributed by atoms with E-state index in [1.165, 1.54) is 0 Å². The number of nitrogens with zero attached hydrogens (tertiary/aromatic N) is 1. The van der Waals surface area contributed by atoms with Gasteiger partial charge in [-0.1, -0.05) is 11.6 Å². The Morgan fingerprint density at radius 3 is 2.50 bits per heavy atom. The molecule has 1 amide bonds. The van der Waals surface area contributed by atoms with Crippen LogP contribution in [0.2, 0.25) is 5.02 Å². The molecule has 0 N–H and O–H groups in total. The highest BCUT2D eigenvalue weighted by Gasteiger charge is 2.45. The van der Waals surface area contributed by atoms with Crippen LogP contribution in [0, 0.1) is 0 Å². The summed E-state index contributed by atoms with van der Waals surface area (Å²) in [6.07, 6.45) is -0.476. The molecule has 6 heteroatoms. The van der Waals surface area contributed by atoms with Crippen LogP contribution in [0.15, 0.2) is 30.3 Å². The Bertz CT molecular complexity index is 851. The molecule has 5 nitrogen and oxygen atoms in total. The average molecular weight is 346 g/mol. The first kappa shape index (κ1) is 15.1. The Morgan fingerprint density at radius 1 is 1.08 bits per heavy atom. The lowest BCUT2D eigenvalue weighted by molar-refractivity contribution is -0.00186. The van der Waals surface area contributed by atoms with Gasteiger partial charge in [-0.05, 0) is 37.3 Å². The van der Waals surface area contributed by atoms with Gasteiger partial charge in [-0.15, -0.1) is 0 Å². The Morgan fingerprint density at radius 2 is 1.79 bits per heavy atom. The van der Waals surface area contributed by atoms with E-state index >= 15 is 0 Å². The van der Waals surface area contributed by atoms with E-state index in [0.717, 1.165) is 16.9 Å². The Balaban J connectivity index is 1.86. The third-order valence-electron chi connectivity index (χ3n) is 4.62. The highest BCUT2D eigenvalue weighted by atomic mass is 35.5. The Hall–Kier alpha value is -2.40. The van der Waals surface area contributed by atoms with Gasteiger partial charge < -0.3 is 14.2 Å². The van der Waals surface area contributed by atoms with Crippen molar-refractivity contribution in [1.29, 1.82) is 0 Å². The van der Waals surface area contributed by atoms with Gasteiger partial charge in [-0.2, -0.15) is 0 Å². The summed E-state index contributed by atoms with van der Waals surface area (Å²) in [5.74, 6) is 1.75. The van der Waals surface area contributed by atoms with Gasteiger partial charge in [0.1, 0.15) is 5.75 Å². The van der Waals surface area contributed by atoms with Crippen LogP contribution in [-0.2, 0) is 0 Å². The number of ether oxygens (including phenoxy) is 3. The molecule has 0 unspecified atom stereocenters. The van der Waals surface area contributed by atoms with E-state index in [1.807, 2.05) is 25.1 Å². The van der Waals surface area contributed by atoms with E-state index in [9.17, 15) is 4.79 Å². The molecule has 2 aromatic carbocycles. The fourth-order valence-corrected chi connectivity index (χ4v) is 3.58. The fraction of sp³-hybridized carbons (Fsp3) is 0.278. The van der Waals surface area contributed by atoms with Crippen molar-refractivity contribution in [2.75, 3.05) is 14.2 Å². The van der Waals surface area contributed by atoms with Crippen LogP contribution in [0.1, 0.15) is 40.7 Å². The predicted molar refractivity (Wildman–Crippen MR) is 89.0 cm³/mol. The summed E-state index contributed by atoms with van der Waals surface area (Å²) in [6.45, 7) is 1.98. The molecule has 0 aromatic heterocycles. The molecule has 0 radical (unpaired) electrons. The van der Waals surface area contributed by atoms with Crippen LogP contribution in [-0.4, -0.2) is 25.0 Å². The maximum Gasteiger partial charge on any atom is 0.258 e. The summed E-state index contributed by atoms with van der Waals surface area (Å²) < 4.78 is 16.8. The van der Waals surface area contributed by atoms with Gasteiger partial charge in [0.05, 0.1) is 25.8 Å². The summed E-state index contributed by atoms with van der Waals surface area (Å²) in [7, 11) is 3.12. The van der Waals surface area contributed by atoms with Crippen molar-refractivity contribution in [3.05, 3.63) is 52.0 Å². The van der Waals surface area contributed by atoms with Crippen molar-refractivity contribution in [1.82, 2.24) is 4.90 Å². The largest absolute Gasteiger partial charge is 0.493 e. The number of carbonyl (C=O) groups is 1. The number of benzene rings is 2. The lowest BCUT2D eigenvalue weighted by atomic mass is 10.0. The van der Waals surface area contributed by atoms with E-state index in [2.05, 4.69) is 0 Å². The van der Waals surface area contributed by atoms with Crippen LogP contribution < -0.4 is 14.2 Å². The molecule has 0 saturated carbocycles. The van der Waals surface area contributed by atoms with E-state index in [-0.39, 0.29) is 11.9 Å². The number of hydrogen-bond donors (Lipinski definition) is 0. The summed E-state index contributed by atoms with van der Waals surface area (Å²) in [4.78, 5) is 14.6. The minimum absolute atomic E-state index is 0.0888. The number of fused-ring (bicyclic) bond motifs is 4. The molecule has 2 atom stereocenters. The second-order valence-corrected chi connectivity index (χ2v) is 6.27. The smallest absolute Gasteiger partial charge is 0.258 e. The first-order valence-electron chi connectivity index (χ1n) is 7.60. The number of amides is 1. The quantitative estimate of drug-likeness (QED) is 0.826. The SMILES string of the molecule is COc1cc2c(cc1OC)[C@@H]1Oc3ccc(Cl)cc3[C@H](C)N1C2=O. The molecule has 124 valence electrons. The van der Waals surface area contributed by atoms with Gasteiger partial charge in [0.25, 0.3) is 5.91 Å². The lowest BCUT2D eigenvalue weighted by Gasteiger charge is -2.37. The van der Waals surface area contributed by atoms with Crippen molar-refractivity contribution in [2.24, 2.45) is 0 Å². The van der Waals surface area contributed by atoms with E-state index in [4.69, 9.17) is 25.8 Å². The van der Waals surface area contributed by atoms with Crippen LogP contribution >= 0.6 is 11.6 Å². The minimum atomic E-state index is -0.476. The normalized spacial score (nSPS) is 20.8. The molecular weight excluding hydrogens is 330 g/mol. The third-order valence-corrected chi connectivity index (χ3v) is 4.85. The molecule has 0 saturated heterocycles. The molecular formula is C18H16ClNO4. The van der Waals surface area contributed by atoms with Crippen LogP contribution in [0.5, 0.6) is 17.2 Å². The first-order chi connectivity index (χ1) is 11.5. The molecule has 2 aliphatic heterocycles. The number of hydrogen-bond acceptors (Lipinski definition) is 4. The van der Waals surface area contributed by atoms with E-state index in [0.29, 0.717) is 22.1 Å². The number of carbonyl (C=O) groups excluding carboxylic acids is 1. The van der Waals surface area contributed by atoms with Crippen molar-refractivity contribution < 1.29 is 19.0 Å². The van der Waals surface area contributed by atoms with Crippen LogP contribution in [0.3, 0.4) is 0 Å². The van der Waals surface area contributed by atoms with Gasteiger partial charge in [0, 0.05) is 16.1 Å². The van der Waals surface area contributed by atoms with E-state index < -0.39 is 6.23 Å². The average Bonchev–Trinajstić information content (AvgIpc) is 2.86. The summed E-state index contributed by atoms with van der Waals surface area (Å²) in [6, 6.07) is 8.85. The summed E-state index contributed by atoms with van der Waals surface area (Å²) in [5, 5.41) is 0.621. The van der Waals surface area contributed by atoms with Crippen LogP contribution in [0.4, 0.5) is 0 Å². The zero-order valence-corrected chi connectivity index (χ0v) is 14.3. The molecule has 2 aromatic rings. The molecule has 0 fully saturated rings. The summed E-state index contributed by atoms with van der Waals surface area (Å²) >= 11 is 6.10. The molecule has 2 heterocycles. The van der Waals surface area contributed by atoms with E-state index in [1.54, 1.807) is 31.3 Å². The molecule has 2 aliphatic rings. The lowest BCUT2D eigenvalue weighted by Crippen LogP contribution is -2.37.